The first-order chi connectivity index (χ1) is 12.5. The van der Waals surface area contributed by atoms with Crippen molar-refractivity contribution in [1.82, 2.24) is 4.83 Å². The molecule has 27 heavy (non-hydrogen) atoms. The van der Waals surface area contributed by atoms with Gasteiger partial charge in [-0.15, -0.1) is 0 Å². The molecule has 0 fully saturated rings. The molecule has 2 N–H and O–H groups in total. The van der Waals surface area contributed by atoms with Gasteiger partial charge in [0, 0.05) is 17.5 Å². The van der Waals surface area contributed by atoms with Crippen molar-refractivity contribution in [1.29, 1.82) is 0 Å². The lowest BCUT2D eigenvalue weighted by atomic mass is 9.75. The second kappa shape index (κ2) is 6.53. The highest BCUT2D eigenvalue weighted by Gasteiger charge is 2.36. The number of benzene rings is 1. The summed E-state index contributed by atoms with van der Waals surface area (Å²) in [6.45, 7) is 7.52. The monoisotopic (exact) mass is 390 g/mol. The third-order valence-electron chi connectivity index (χ3n) is 4.62. The average Bonchev–Trinajstić information content (AvgIpc) is 2.88. The Balaban J connectivity index is 2.01. The summed E-state index contributed by atoms with van der Waals surface area (Å²) in [6.07, 6.45) is 1.05. The maximum Gasteiger partial charge on any atom is 0.372 e. The molecule has 0 radical (unpaired) electrons. The highest BCUT2D eigenvalue weighted by Crippen LogP contribution is 2.38. The minimum Gasteiger partial charge on any atom is -0.475 e. The fourth-order valence-corrected chi connectivity index (χ4v) is 4.13. The molecular weight excluding hydrogens is 368 g/mol. The molecule has 1 heterocycles. The topological polar surface area (TPSA) is 109 Å². The standard InChI is InChI=1S/C19H22N2O5S/c1-11-5-7-13(8-6-11)27(24,25)21-20-14-9-19(3,4)10-15-16(14)12(2)17(26-15)18(22)23/h5-8,21H,9-10H2,1-4H3,(H,22,23)/b20-14+. The summed E-state index contributed by atoms with van der Waals surface area (Å²) in [5.41, 5.74) is 2.24. The molecule has 0 saturated heterocycles. The maximum atomic E-state index is 12.5. The molecule has 2 aromatic rings. The fourth-order valence-electron chi connectivity index (χ4n) is 3.30. The zero-order chi connectivity index (χ0) is 20.0. The molecule has 8 heteroatoms. The number of hydrogen-bond donors (Lipinski definition) is 2. The number of carbonyl (C=O) groups is 1. The summed E-state index contributed by atoms with van der Waals surface area (Å²) in [5.74, 6) is -0.763. The molecule has 1 aliphatic carbocycles. The van der Waals surface area contributed by atoms with Crippen LogP contribution in [0.3, 0.4) is 0 Å². The van der Waals surface area contributed by atoms with Crippen LogP contribution in [0.25, 0.3) is 0 Å². The molecule has 7 nitrogen and oxygen atoms in total. The molecule has 0 atom stereocenters. The number of nitrogens with zero attached hydrogens (tertiary/aromatic N) is 1. The van der Waals surface area contributed by atoms with E-state index in [1.807, 2.05) is 20.8 Å². The number of hydrazone groups is 1. The van der Waals surface area contributed by atoms with Crippen molar-refractivity contribution in [2.45, 2.75) is 45.4 Å². The Morgan fingerprint density at radius 1 is 1.19 bits per heavy atom. The quantitative estimate of drug-likeness (QED) is 0.779. The van der Waals surface area contributed by atoms with E-state index in [-0.39, 0.29) is 16.1 Å². The predicted molar refractivity (Wildman–Crippen MR) is 101 cm³/mol. The van der Waals surface area contributed by atoms with Crippen LogP contribution in [0.5, 0.6) is 0 Å². The highest BCUT2D eigenvalue weighted by atomic mass is 32.2. The first-order valence-corrected chi connectivity index (χ1v) is 9.99. The molecule has 0 saturated carbocycles. The van der Waals surface area contributed by atoms with Crippen LogP contribution in [0.15, 0.2) is 38.7 Å². The average molecular weight is 390 g/mol. The van der Waals surface area contributed by atoms with Gasteiger partial charge in [-0.1, -0.05) is 31.5 Å². The number of furan rings is 1. The van der Waals surface area contributed by atoms with Crippen LogP contribution in [0.1, 0.15) is 53.3 Å². The number of fused-ring (bicyclic) bond motifs is 1. The first-order valence-electron chi connectivity index (χ1n) is 8.51. The van der Waals surface area contributed by atoms with Crippen LogP contribution in [0.2, 0.25) is 0 Å². The summed E-state index contributed by atoms with van der Waals surface area (Å²) >= 11 is 0. The number of carboxylic acids is 1. The van der Waals surface area contributed by atoms with Crippen molar-refractivity contribution < 1.29 is 22.7 Å². The lowest BCUT2D eigenvalue weighted by Crippen LogP contribution is -2.29. The largest absolute Gasteiger partial charge is 0.475 e. The van der Waals surface area contributed by atoms with Gasteiger partial charge in [-0.25, -0.2) is 4.79 Å². The maximum absolute atomic E-state index is 12.5. The predicted octanol–water partition coefficient (Wildman–Crippen LogP) is 3.25. The lowest BCUT2D eigenvalue weighted by Gasteiger charge is -2.29. The SMILES string of the molecule is Cc1ccc(S(=O)(=O)N/N=C2\CC(C)(C)Cc3oc(C(=O)O)c(C)c32)cc1. The van der Waals surface area contributed by atoms with Crippen molar-refractivity contribution in [2.75, 3.05) is 0 Å². The molecule has 0 bridgehead atoms. The van der Waals surface area contributed by atoms with Gasteiger partial charge in [0.1, 0.15) is 5.76 Å². The van der Waals surface area contributed by atoms with Gasteiger partial charge in [-0.05, 0) is 37.8 Å². The number of nitrogens with one attached hydrogen (secondary N) is 1. The zero-order valence-electron chi connectivity index (χ0n) is 15.7. The summed E-state index contributed by atoms with van der Waals surface area (Å²) in [6, 6.07) is 6.45. The molecule has 0 aliphatic heterocycles. The Morgan fingerprint density at radius 2 is 1.81 bits per heavy atom. The van der Waals surface area contributed by atoms with E-state index in [0.717, 1.165) is 5.56 Å². The van der Waals surface area contributed by atoms with Crippen molar-refractivity contribution in [3.05, 3.63) is 52.5 Å². The lowest BCUT2D eigenvalue weighted by molar-refractivity contribution is 0.0658. The van der Waals surface area contributed by atoms with E-state index in [9.17, 15) is 18.3 Å². The number of aryl methyl sites for hydroxylation is 1. The Morgan fingerprint density at radius 3 is 2.41 bits per heavy atom. The van der Waals surface area contributed by atoms with Crippen molar-refractivity contribution in [2.24, 2.45) is 10.5 Å². The van der Waals surface area contributed by atoms with Gasteiger partial charge >= 0.3 is 5.97 Å². The van der Waals surface area contributed by atoms with Gasteiger partial charge in [0.25, 0.3) is 10.0 Å². The second-order valence-electron chi connectivity index (χ2n) is 7.64. The van der Waals surface area contributed by atoms with E-state index in [1.54, 1.807) is 19.1 Å². The van der Waals surface area contributed by atoms with Gasteiger partial charge in [-0.2, -0.15) is 18.4 Å². The molecule has 144 valence electrons. The van der Waals surface area contributed by atoms with Crippen LogP contribution in [0, 0.1) is 19.3 Å². The van der Waals surface area contributed by atoms with E-state index in [0.29, 0.717) is 35.4 Å². The summed E-state index contributed by atoms with van der Waals surface area (Å²) in [5, 5.41) is 13.5. The van der Waals surface area contributed by atoms with Crippen LogP contribution in [0.4, 0.5) is 0 Å². The molecule has 1 aromatic carbocycles. The van der Waals surface area contributed by atoms with Crippen LogP contribution < -0.4 is 4.83 Å². The third kappa shape index (κ3) is 3.75. The number of sulfonamides is 1. The molecule has 0 unspecified atom stereocenters. The third-order valence-corrected chi connectivity index (χ3v) is 5.84. The minimum absolute atomic E-state index is 0.114. The van der Waals surface area contributed by atoms with Crippen molar-refractivity contribution in [3.63, 3.8) is 0 Å². The zero-order valence-corrected chi connectivity index (χ0v) is 16.5. The summed E-state index contributed by atoms with van der Waals surface area (Å²) in [4.78, 5) is 13.8. The highest BCUT2D eigenvalue weighted by molar-refractivity contribution is 7.89. The Kier molecular flexibility index (Phi) is 4.63. The number of carboxylic acid groups (broad SMARTS) is 1. The van der Waals surface area contributed by atoms with E-state index >= 15 is 0 Å². The molecule has 1 aliphatic rings. The Bertz CT molecular complexity index is 1030. The van der Waals surface area contributed by atoms with Gasteiger partial charge in [0.2, 0.25) is 5.76 Å². The first kappa shape index (κ1) is 19.2. The fraction of sp³-hybridized carbons (Fsp3) is 0.368. The van der Waals surface area contributed by atoms with E-state index < -0.39 is 16.0 Å². The summed E-state index contributed by atoms with van der Waals surface area (Å²) in [7, 11) is -3.82. The molecule has 3 rings (SSSR count). The molecule has 1 aromatic heterocycles. The summed E-state index contributed by atoms with van der Waals surface area (Å²) < 4.78 is 30.6. The van der Waals surface area contributed by atoms with Crippen molar-refractivity contribution in [3.8, 4) is 0 Å². The Labute approximate surface area is 158 Å². The smallest absolute Gasteiger partial charge is 0.372 e. The van der Waals surface area contributed by atoms with Gasteiger partial charge < -0.3 is 9.52 Å². The van der Waals surface area contributed by atoms with Crippen LogP contribution in [-0.2, 0) is 16.4 Å². The molecule has 0 spiro atoms. The van der Waals surface area contributed by atoms with Gasteiger partial charge in [-0.3, -0.25) is 0 Å². The van der Waals surface area contributed by atoms with Crippen LogP contribution >= 0.6 is 0 Å². The normalized spacial score (nSPS) is 17.6. The number of aromatic carboxylic acids is 1. The number of hydrogen-bond acceptors (Lipinski definition) is 5. The minimum atomic E-state index is -3.82. The van der Waals surface area contributed by atoms with E-state index in [1.165, 1.54) is 12.1 Å². The molecule has 0 amide bonds. The second-order valence-corrected chi connectivity index (χ2v) is 9.30. The number of rotatable bonds is 4. The van der Waals surface area contributed by atoms with Gasteiger partial charge in [0.05, 0.1) is 10.6 Å². The van der Waals surface area contributed by atoms with Gasteiger partial charge in [0.15, 0.2) is 0 Å². The van der Waals surface area contributed by atoms with Crippen molar-refractivity contribution >= 4 is 21.7 Å². The Hall–Kier alpha value is -2.61. The van der Waals surface area contributed by atoms with E-state index in [4.69, 9.17) is 4.42 Å². The van der Waals surface area contributed by atoms with E-state index in [2.05, 4.69) is 9.93 Å². The molecular formula is C19H22N2O5S. The van der Waals surface area contributed by atoms with Crippen LogP contribution in [-0.4, -0.2) is 25.2 Å².